The zero-order valence-corrected chi connectivity index (χ0v) is 10.7. The second kappa shape index (κ2) is 5.58. The van der Waals surface area contributed by atoms with E-state index < -0.39 is 0 Å². The van der Waals surface area contributed by atoms with E-state index in [0.717, 1.165) is 29.3 Å². The molecule has 2 aromatic rings. The van der Waals surface area contributed by atoms with Gasteiger partial charge in [0, 0.05) is 9.58 Å². The summed E-state index contributed by atoms with van der Waals surface area (Å²) in [5.74, 6) is 5.39. The maximum Gasteiger partial charge on any atom is 0.123 e. The Bertz CT molecular complexity index is 495. The van der Waals surface area contributed by atoms with Gasteiger partial charge in [0.2, 0.25) is 0 Å². The monoisotopic (exact) mass is 252 g/mol. The van der Waals surface area contributed by atoms with E-state index in [1.807, 2.05) is 12.1 Å². The van der Waals surface area contributed by atoms with Crippen molar-refractivity contribution in [1.29, 1.82) is 0 Å². The number of unbranched alkanes of at least 4 members (excludes halogenated alkanes) is 1. The van der Waals surface area contributed by atoms with Gasteiger partial charge < -0.3 is 0 Å². The summed E-state index contributed by atoms with van der Waals surface area (Å²) in [6, 6.07) is 7.10. The SMILES string of the molecule is CCCCC(NN)c1cc2cc(F)ccc2s1. The van der Waals surface area contributed by atoms with E-state index in [1.165, 1.54) is 10.9 Å². The highest BCUT2D eigenvalue weighted by molar-refractivity contribution is 7.19. The minimum absolute atomic E-state index is 0.176. The molecule has 0 aliphatic rings. The third kappa shape index (κ3) is 2.83. The van der Waals surface area contributed by atoms with Crippen LogP contribution in [0.15, 0.2) is 24.3 Å². The molecular weight excluding hydrogens is 235 g/mol. The van der Waals surface area contributed by atoms with Crippen molar-refractivity contribution >= 4 is 21.4 Å². The number of rotatable bonds is 5. The molecule has 1 unspecified atom stereocenters. The third-order valence-electron chi connectivity index (χ3n) is 2.89. The molecule has 92 valence electrons. The molecule has 0 fully saturated rings. The van der Waals surface area contributed by atoms with E-state index in [9.17, 15) is 4.39 Å². The van der Waals surface area contributed by atoms with E-state index in [4.69, 9.17) is 5.84 Å². The fourth-order valence-corrected chi connectivity index (χ4v) is 3.06. The molecule has 4 heteroatoms. The second-order valence-corrected chi connectivity index (χ2v) is 5.31. The summed E-state index contributed by atoms with van der Waals surface area (Å²) in [7, 11) is 0. The van der Waals surface area contributed by atoms with Gasteiger partial charge in [0.1, 0.15) is 5.82 Å². The zero-order valence-electron chi connectivity index (χ0n) is 9.87. The van der Waals surface area contributed by atoms with Gasteiger partial charge in [0.05, 0.1) is 6.04 Å². The van der Waals surface area contributed by atoms with Crippen molar-refractivity contribution in [2.24, 2.45) is 5.84 Å². The number of nitrogens with one attached hydrogen (secondary N) is 1. The van der Waals surface area contributed by atoms with E-state index in [-0.39, 0.29) is 11.9 Å². The molecule has 2 nitrogen and oxygen atoms in total. The van der Waals surface area contributed by atoms with Crippen LogP contribution in [0, 0.1) is 5.82 Å². The van der Waals surface area contributed by atoms with Crippen LogP contribution in [0.25, 0.3) is 10.1 Å². The summed E-state index contributed by atoms with van der Waals surface area (Å²) in [4.78, 5) is 1.18. The molecular formula is C13H17FN2S. The average Bonchev–Trinajstić information content (AvgIpc) is 2.72. The molecule has 0 amide bonds. The number of halogens is 1. The Morgan fingerprint density at radius 1 is 1.41 bits per heavy atom. The molecule has 2 rings (SSSR count). The largest absolute Gasteiger partial charge is 0.271 e. The summed E-state index contributed by atoms with van der Waals surface area (Å²) in [6.45, 7) is 2.16. The maximum atomic E-state index is 13.1. The first-order valence-corrected chi connectivity index (χ1v) is 6.71. The smallest absolute Gasteiger partial charge is 0.123 e. The molecule has 1 aromatic heterocycles. The Balaban J connectivity index is 2.27. The van der Waals surface area contributed by atoms with Crippen molar-refractivity contribution in [3.8, 4) is 0 Å². The molecule has 0 radical (unpaired) electrons. The Kier molecular flexibility index (Phi) is 4.10. The quantitative estimate of drug-likeness (QED) is 0.628. The van der Waals surface area contributed by atoms with Gasteiger partial charge >= 0.3 is 0 Å². The van der Waals surface area contributed by atoms with Gasteiger partial charge in [-0.1, -0.05) is 19.8 Å². The van der Waals surface area contributed by atoms with Crippen molar-refractivity contribution in [3.05, 3.63) is 35.0 Å². The standard InChI is InChI=1S/C13H17FN2S/c1-2-3-4-11(16-15)13-8-9-7-10(14)5-6-12(9)17-13/h5-8,11,16H,2-4,15H2,1H3. The van der Waals surface area contributed by atoms with Gasteiger partial charge in [-0.15, -0.1) is 11.3 Å². The number of benzene rings is 1. The highest BCUT2D eigenvalue weighted by Crippen LogP contribution is 2.32. The first kappa shape index (κ1) is 12.5. The van der Waals surface area contributed by atoms with Crippen molar-refractivity contribution < 1.29 is 4.39 Å². The van der Waals surface area contributed by atoms with Gasteiger partial charge in [0.15, 0.2) is 0 Å². The topological polar surface area (TPSA) is 38.0 Å². The molecule has 0 spiro atoms. The van der Waals surface area contributed by atoms with Crippen LogP contribution < -0.4 is 11.3 Å². The van der Waals surface area contributed by atoms with Gasteiger partial charge in [-0.25, -0.2) is 4.39 Å². The molecule has 0 aliphatic carbocycles. The fraction of sp³-hybridized carbons (Fsp3) is 0.385. The van der Waals surface area contributed by atoms with Crippen LogP contribution in [0.4, 0.5) is 4.39 Å². The number of thiophene rings is 1. The lowest BCUT2D eigenvalue weighted by molar-refractivity contribution is 0.502. The molecule has 1 heterocycles. The molecule has 1 aromatic carbocycles. The number of nitrogens with two attached hydrogens (primary N) is 1. The lowest BCUT2D eigenvalue weighted by Crippen LogP contribution is -2.27. The molecule has 3 N–H and O–H groups in total. The molecule has 0 bridgehead atoms. The Hall–Kier alpha value is -0.970. The summed E-state index contributed by atoms with van der Waals surface area (Å²) in [6.07, 6.45) is 3.30. The minimum atomic E-state index is -0.187. The summed E-state index contributed by atoms with van der Waals surface area (Å²) >= 11 is 1.68. The summed E-state index contributed by atoms with van der Waals surface area (Å²) < 4.78 is 14.2. The Labute approximate surface area is 105 Å². The average molecular weight is 252 g/mol. The van der Waals surface area contributed by atoms with Crippen LogP contribution in [0.3, 0.4) is 0 Å². The van der Waals surface area contributed by atoms with Gasteiger partial charge in [0.25, 0.3) is 0 Å². The van der Waals surface area contributed by atoms with Gasteiger partial charge in [-0.3, -0.25) is 11.3 Å². The first-order valence-electron chi connectivity index (χ1n) is 5.89. The number of hydrazine groups is 1. The van der Waals surface area contributed by atoms with E-state index in [0.29, 0.717) is 0 Å². The molecule has 17 heavy (non-hydrogen) atoms. The van der Waals surface area contributed by atoms with Gasteiger partial charge in [-0.2, -0.15) is 0 Å². The summed E-state index contributed by atoms with van der Waals surface area (Å²) in [5.41, 5.74) is 2.85. The van der Waals surface area contributed by atoms with Crippen molar-refractivity contribution in [3.63, 3.8) is 0 Å². The van der Waals surface area contributed by atoms with E-state index in [2.05, 4.69) is 12.3 Å². The second-order valence-electron chi connectivity index (χ2n) is 4.19. The number of hydrogen-bond acceptors (Lipinski definition) is 3. The van der Waals surface area contributed by atoms with Crippen molar-refractivity contribution in [2.45, 2.75) is 32.2 Å². The minimum Gasteiger partial charge on any atom is -0.271 e. The highest BCUT2D eigenvalue weighted by Gasteiger charge is 2.12. The van der Waals surface area contributed by atoms with Crippen LogP contribution in [-0.2, 0) is 0 Å². The first-order chi connectivity index (χ1) is 8.24. The van der Waals surface area contributed by atoms with Crippen LogP contribution in [-0.4, -0.2) is 0 Å². The lowest BCUT2D eigenvalue weighted by Gasteiger charge is -2.12. The lowest BCUT2D eigenvalue weighted by atomic mass is 10.1. The normalized spacial score (nSPS) is 13.1. The zero-order chi connectivity index (χ0) is 12.3. The molecule has 0 saturated heterocycles. The predicted octanol–water partition coefficient (Wildman–Crippen LogP) is 3.74. The van der Waals surface area contributed by atoms with Crippen LogP contribution in [0.2, 0.25) is 0 Å². The van der Waals surface area contributed by atoms with Crippen molar-refractivity contribution in [1.82, 2.24) is 5.43 Å². The van der Waals surface area contributed by atoms with E-state index in [1.54, 1.807) is 17.4 Å². The molecule has 0 saturated carbocycles. The number of fused-ring (bicyclic) bond motifs is 1. The van der Waals surface area contributed by atoms with Crippen LogP contribution in [0.5, 0.6) is 0 Å². The Morgan fingerprint density at radius 3 is 2.94 bits per heavy atom. The van der Waals surface area contributed by atoms with E-state index >= 15 is 0 Å². The van der Waals surface area contributed by atoms with Crippen LogP contribution >= 0.6 is 11.3 Å². The highest BCUT2D eigenvalue weighted by atomic mass is 32.1. The Morgan fingerprint density at radius 2 is 2.24 bits per heavy atom. The van der Waals surface area contributed by atoms with Crippen LogP contribution in [0.1, 0.15) is 37.1 Å². The predicted molar refractivity (Wildman–Crippen MR) is 71.4 cm³/mol. The fourth-order valence-electron chi connectivity index (χ4n) is 1.92. The molecule has 1 atom stereocenters. The maximum absolute atomic E-state index is 13.1. The summed E-state index contributed by atoms with van der Waals surface area (Å²) in [5, 5.41) is 0.960. The molecule has 0 aliphatic heterocycles. The number of hydrogen-bond donors (Lipinski definition) is 2. The van der Waals surface area contributed by atoms with Crippen molar-refractivity contribution in [2.75, 3.05) is 0 Å². The third-order valence-corrected chi connectivity index (χ3v) is 4.12. The van der Waals surface area contributed by atoms with Gasteiger partial charge in [-0.05, 0) is 36.1 Å².